The maximum absolute atomic E-state index is 13.1. The van der Waals surface area contributed by atoms with Crippen molar-refractivity contribution in [2.45, 2.75) is 65.1 Å². The van der Waals surface area contributed by atoms with Crippen LogP contribution in [0.25, 0.3) is 0 Å². The van der Waals surface area contributed by atoms with Gasteiger partial charge in [0.1, 0.15) is 0 Å². The molecule has 2 aromatic heterocycles. The van der Waals surface area contributed by atoms with Gasteiger partial charge in [0.2, 0.25) is 5.91 Å². The molecule has 7 heteroatoms. The average molecular weight is 386 g/mol. The quantitative estimate of drug-likeness (QED) is 0.812. The number of amides is 1. The lowest BCUT2D eigenvalue weighted by atomic mass is 9.64. The number of nitrogens with zero attached hydrogens (tertiary/aromatic N) is 5. The first kappa shape index (κ1) is 19.2. The first-order valence-corrected chi connectivity index (χ1v) is 10.3. The molecule has 0 saturated carbocycles. The van der Waals surface area contributed by atoms with Crippen molar-refractivity contribution in [2.75, 3.05) is 19.8 Å². The van der Waals surface area contributed by atoms with Crippen LogP contribution in [0, 0.1) is 5.41 Å². The molecule has 0 bridgehead atoms. The third-order valence-electron chi connectivity index (χ3n) is 6.14. The van der Waals surface area contributed by atoms with E-state index in [9.17, 15) is 4.79 Å². The van der Waals surface area contributed by atoms with E-state index in [0.29, 0.717) is 6.42 Å². The Hall–Kier alpha value is -2.15. The Morgan fingerprint density at radius 1 is 1.32 bits per heavy atom. The Kier molecular flexibility index (Phi) is 4.81. The lowest BCUT2D eigenvalue weighted by Gasteiger charge is -2.59. The molecule has 152 valence electrons. The van der Waals surface area contributed by atoms with Crippen molar-refractivity contribution in [1.82, 2.24) is 24.5 Å². The SMILES string of the molecule is CCn1ccc(CC(=O)N2CC3(CCOCC3)C2c2cnn(C(C)(C)C)c2)n1. The molecule has 2 saturated heterocycles. The van der Waals surface area contributed by atoms with E-state index >= 15 is 0 Å². The highest BCUT2D eigenvalue weighted by Gasteiger charge is 2.55. The number of carbonyl (C=O) groups excluding carboxylic acids is 1. The summed E-state index contributed by atoms with van der Waals surface area (Å²) in [7, 11) is 0. The summed E-state index contributed by atoms with van der Waals surface area (Å²) in [5, 5.41) is 9.07. The van der Waals surface area contributed by atoms with Crippen LogP contribution in [-0.4, -0.2) is 50.1 Å². The number of rotatable bonds is 4. The maximum Gasteiger partial charge on any atom is 0.229 e. The van der Waals surface area contributed by atoms with Crippen LogP contribution in [-0.2, 0) is 28.0 Å². The summed E-state index contributed by atoms with van der Waals surface area (Å²) in [6.45, 7) is 11.6. The lowest BCUT2D eigenvalue weighted by molar-refractivity contribution is -0.168. The molecule has 0 aliphatic carbocycles. The van der Waals surface area contributed by atoms with Gasteiger partial charge in [0.05, 0.1) is 29.9 Å². The van der Waals surface area contributed by atoms with Crippen LogP contribution in [0.4, 0.5) is 0 Å². The summed E-state index contributed by atoms with van der Waals surface area (Å²) in [5.41, 5.74) is 2.01. The Bertz CT molecular complexity index is 841. The van der Waals surface area contributed by atoms with Crippen LogP contribution in [0.2, 0.25) is 0 Å². The molecule has 28 heavy (non-hydrogen) atoms. The molecule has 4 heterocycles. The number of aryl methyl sites for hydroxylation is 1. The Morgan fingerprint density at radius 2 is 2.07 bits per heavy atom. The highest BCUT2D eigenvalue weighted by Crippen LogP contribution is 2.54. The molecular weight excluding hydrogens is 354 g/mol. The second-order valence-electron chi connectivity index (χ2n) is 9.13. The van der Waals surface area contributed by atoms with Crippen molar-refractivity contribution in [1.29, 1.82) is 0 Å². The summed E-state index contributed by atoms with van der Waals surface area (Å²) in [4.78, 5) is 15.2. The number of hydrogen-bond donors (Lipinski definition) is 0. The van der Waals surface area contributed by atoms with Gasteiger partial charge in [-0.1, -0.05) is 0 Å². The molecule has 1 atom stereocenters. The molecule has 0 N–H and O–H groups in total. The van der Waals surface area contributed by atoms with Gasteiger partial charge in [-0.2, -0.15) is 10.2 Å². The number of aromatic nitrogens is 4. The molecule has 4 rings (SSSR count). The zero-order valence-electron chi connectivity index (χ0n) is 17.4. The van der Waals surface area contributed by atoms with E-state index < -0.39 is 0 Å². The van der Waals surface area contributed by atoms with E-state index in [2.05, 4.69) is 37.2 Å². The topological polar surface area (TPSA) is 65.2 Å². The van der Waals surface area contributed by atoms with Crippen LogP contribution < -0.4 is 0 Å². The van der Waals surface area contributed by atoms with Gasteiger partial charge in [-0.3, -0.25) is 14.2 Å². The molecule has 1 unspecified atom stereocenters. The largest absolute Gasteiger partial charge is 0.381 e. The van der Waals surface area contributed by atoms with Crippen molar-refractivity contribution >= 4 is 5.91 Å². The number of hydrogen-bond acceptors (Lipinski definition) is 4. The van der Waals surface area contributed by atoms with E-state index in [1.807, 2.05) is 39.6 Å². The lowest BCUT2D eigenvalue weighted by Crippen LogP contribution is -2.62. The summed E-state index contributed by atoms with van der Waals surface area (Å²) in [6.07, 6.45) is 8.33. The predicted molar refractivity (Wildman–Crippen MR) is 106 cm³/mol. The van der Waals surface area contributed by atoms with Gasteiger partial charge < -0.3 is 9.64 Å². The number of ether oxygens (including phenoxy) is 1. The maximum atomic E-state index is 13.1. The average Bonchev–Trinajstić information content (AvgIpc) is 3.30. The van der Waals surface area contributed by atoms with Crippen LogP contribution in [0.5, 0.6) is 0 Å². The molecule has 7 nitrogen and oxygen atoms in total. The van der Waals surface area contributed by atoms with Crippen LogP contribution in [0.1, 0.15) is 57.8 Å². The second kappa shape index (κ2) is 7.03. The Morgan fingerprint density at radius 3 is 2.68 bits per heavy atom. The molecule has 1 spiro atoms. The van der Waals surface area contributed by atoms with E-state index in [1.165, 1.54) is 0 Å². The number of carbonyl (C=O) groups is 1. The summed E-state index contributed by atoms with van der Waals surface area (Å²) in [5.74, 6) is 0.145. The fourth-order valence-corrected chi connectivity index (χ4v) is 4.49. The normalized spacial score (nSPS) is 21.7. The molecular formula is C21H31N5O2. The van der Waals surface area contributed by atoms with E-state index in [1.54, 1.807) is 0 Å². The zero-order chi connectivity index (χ0) is 19.9. The van der Waals surface area contributed by atoms with Crippen molar-refractivity contribution in [3.63, 3.8) is 0 Å². The van der Waals surface area contributed by atoms with Crippen LogP contribution in [0.3, 0.4) is 0 Å². The third-order valence-corrected chi connectivity index (χ3v) is 6.14. The number of likely N-dealkylation sites (tertiary alicyclic amines) is 1. The van der Waals surface area contributed by atoms with Crippen molar-refractivity contribution in [2.24, 2.45) is 5.41 Å². The fraction of sp³-hybridized carbons (Fsp3) is 0.667. The minimum absolute atomic E-state index is 0.0767. The first-order valence-electron chi connectivity index (χ1n) is 10.3. The van der Waals surface area contributed by atoms with Gasteiger partial charge in [-0.05, 0) is 46.6 Å². The summed E-state index contributed by atoms with van der Waals surface area (Å²) in [6, 6.07) is 2.02. The molecule has 2 aromatic rings. The molecule has 0 aromatic carbocycles. The first-order chi connectivity index (χ1) is 13.3. The monoisotopic (exact) mass is 385 g/mol. The van der Waals surface area contributed by atoms with Crippen LogP contribution >= 0.6 is 0 Å². The summed E-state index contributed by atoms with van der Waals surface area (Å²) < 4.78 is 9.48. The van der Waals surface area contributed by atoms with Crippen molar-refractivity contribution in [3.05, 3.63) is 35.9 Å². The minimum atomic E-state index is -0.0767. The molecule has 2 aliphatic rings. The Labute approximate surface area is 166 Å². The van der Waals surface area contributed by atoms with E-state index in [-0.39, 0.29) is 22.9 Å². The summed E-state index contributed by atoms with van der Waals surface area (Å²) >= 11 is 0. The van der Waals surface area contributed by atoms with Gasteiger partial charge in [0.25, 0.3) is 0 Å². The molecule has 1 amide bonds. The van der Waals surface area contributed by atoms with Gasteiger partial charge >= 0.3 is 0 Å². The predicted octanol–water partition coefficient (Wildman–Crippen LogP) is 2.78. The van der Waals surface area contributed by atoms with Gasteiger partial charge in [-0.15, -0.1) is 0 Å². The highest BCUT2D eigenvalue weighted by molar-refractivity contribution is 5.80. The molecule has 2 aliphatic heterocycles. The third kappa shape index (κ3) is 3.36. The van der Waals surface area contributed by atoms with E-state index in [0.717, 1.165) is 50.4 Å². The minimum Gasteiger partial charge on any atom is -0.381 e. The van der Waals surface area contributed by atoms with Gasteiger partial charge in [0.15, 0.2) is 0 Å². The van der Waals surface area contributed by atoms with Crippen LogP contribution in [0.15, 0.2) is 24.7 Å². The Balaban J connectivity index is 1.58. The van der Waals surface area contributed by atoms with Gasteiger partial charge in [-0.25, -0.2) is 0 Å². The van der Waals surface area contributed by atoms with Gasteiger partial charge in [0, 0.05) is 49.7 Å². The van der Waals surface area contributed by atoms with Crippen molar-refractivity contribution in [3.8, 4) is 0 Å². The van der Waals surface area contributed by atoms with Crippen molar-refractivity contribution < 1.29 is 9.53 Å². The smallest absolute Gasteiger partial charge is 0.229 e. The molecule has 2 fully saturated rings. The second-order valence-corrected chi connectivity index (χ2v) is 9.13. The molecule has 0 radical (unpaired) electrons. The van der Waals surface area contributed by atoms with E-state index in [4.69, 9.17) is 4.74 Å². The fourth-order valence-electron chi connectivity index (χ4n) is 4.49. The zero-order valence-corrected chi connectivity index (χ0v) is 17.4. The highest BCUT2D eigenvalue weighted by atomic mass is 16.5. The standard InChI is InChI=1S/C21H31N5O2/c1-5-24-9-6-17(23-24)12-18(27)25-15-21(7-10-28-11-8-21)19(25)16-13-22-26(14-16)20(2,3)4/h6,9,13-14,19H,5,7-8,10-12,15H2,1-4H3.